The Hall–Kier alpha value is -1.30. The number of anilines is 1. The Bertz CT molecular complexity index is 505. The fourth-order valence-electron chi connectivity index (χ4n) is 1.38. The van der Waals surface area contributed by atoms with Crippen molar-refractivity contribution in [2.24, 2.45) is 0 Å². The van der Waals surface area contributed by atoms with Crippen LogP contribution in [0, 0.1) is 0 Å². The summed E-state index contributed by atoms with van der Waals surface area (Å²) in [5.74, 6) is 0.133. The summed E-state index contributed by atoms with van der Waals surface area (Å²) in [5.41, 5.74) is 5.73. The summed E-state index contributed by atoms with van der Waals surface area (Å²) in [6.07, 6.45) is 2.05. The maximum absolute atomic E-state index is 11.5. The van der Waals surface area contributed by atoms with Crippen LogP contribution in [0.4, 0.5) is 5.69 Å². The van der Waals surface area contributed by atoms with E-state index in [1.807, 2.05) is 6.92 Å². The van der Waals surface area contributed by atoms with Crippen LogP contribution < -0.4 is 11.3 Å². The standard InChI is InChI=1S/C10H16N2O3S/c1-2-6-16(14,15)7-5-12-8-9(11)3-4-10(12)13/h3-4,8H,2,5-7,11H2,1H3. The molecule has 0 atom stereocenters. The van der Waals surface area contributed by atoms with Gasteiger partial charge in [0.25, 0.3) is 5.56 Å². The number of aromatic nitrogens is 1. The third kappa shape index (κ3) is 3.69. The predicted molar refractivity (Wildman–Crippen MR) is 64.1 cm³/mol. The van der Waals surface area contributed by atoms with Crippen molar-refractivity contribution in [3.63, 3.8) is 0 Å². The molecule has 0 aliphatic rings. The lowest BCUT2D eigenvalue weighted by atomic mass is 10.4. The van der Waals surface area contributed by atoms with Gasteiger partial charge in [-0.1, -0.05) is 6.92 Å². The van der Waals surface area contributed by atoms with Gasteiger partial charge in [-0.2, -0.15) is 0 Å². The van der Waals surface area contributed by atoms with E-state index in [4.69, 9.17) is 5.73 Å². The maximum atomic E-state index is 11.5. The van der Waals surface area contributed by atoms with E-state index in [9.17, 15) is 13.2 Å². The van der Waals surface area contributed by atoms with E-state index in [0.717, 1.165) is 0 Å². The first-order valence-corrected chi connectivity index (χ1v) is 6.93. The molecule has 0 spiro atoms. The lowest BCUT2D eigenvalue weighted by molar-refractivity contribution is 0.586. The molecule has 0 radical (unpaired) electrons. The number of nitrogens with two attached hydrogens (primary N) is 1. The van der Waals surface area contributed by atoms with Gasteiger partial charge in [-0.3, -0.25) is 4.79 Å². The van der Waals surface area contributed by atoms with Gasteiger partial charge >= 0.3 is 0 Å². The zero-order chi connectivity index (χ0) is 12.2. The van der Waals surface area contributed by atoms with Crippen LogP contribution >= 0.6 is 0 Å². The zero-order valence-electron chi connectivity index (χ0n) is 9.22. The van der Waals surface area contributed by atoms with Gasteiger partial charge in [0.05, 0.1) is 5.75 Å². The molecular weight excluding hydrogens is 228 g/mol. The lowest BCUT2D eigenvalue weighted by Gasteiger charge is -2.06. The lowest BCUT2D eigenvalue weighted by Crippen LogP contribution is -2.24. The molecule has 90 valence electrons. The number of hydrogen-bond acceptors (Lipinski definition) is 4. The predicted octanol–water partition coefficient (Wildman–Crippen LogP) is 0.255. The molecule has 0 saturated carbocycles. The summed E-state index contributed by atoms with van der Waals surface area (Å²) in [5, 5.41) is 0. The molecule has 1 heterocycles. The summed E-state index contributed by atoms with van der Waals surface area (Å²) in [6.45, 7) is 1.97. The maximum Gasteiger partial charge on any atom is 0.250 e. The number of aryl methyl sites for hydroxylation is 1. The topological polar surface area (TPSA) is 82.2 Å². The molecule has 0 fully saturated rings. The van der Waals surface area contributed by atoms with Crippen LogP contribution in [0.25, 0.3) is 0 Å². The zero-order valence-corrected chi connectivity index (χ0v) is 10.0. The van der Waals surface area contributed by atoms with Crippen molar-refractivity contribution >= 4 is 15.5 Å². The molecule has 2 N–H and O–H groups in total. The summed E-state index contributed by atoms with van der Waals surface area (Å²) < 4.78 is 24.2. The monoisotopic (exact) mass is 244 g/mol. The normalized spacial score (nSPS) is 11.6. The molecule has 0 aliphatic heterocycles. The van der Waals surface area contributed by atoms with Crippen molar-refractivity contribution in [1.82, 2.24) is 4.57 Å². The molecule has 0 unspecified atom stereocenters. The SMILES string of the molecule is CCCS(=O)(=O)CCn1cc(N)ccc1=O. The van der Waals surface area contributed by atoms with Crippen LogP contribution in [-0.2, 0) is 16.4 Å². The summed E-state index contributed by atoms with van der Waals surface area (Å²) in [4.78, 5) is 11.4. The van der Waals surface area contributed by atoms with E-state index < -0.39 is 9.84 Å². The van der Waals surface area contributed by atoms with Crippen LogP contribution in [0.3, 0.4) is 0 Å². The first-order valence-electron chi connectivity index (χ1n) is 5.11. The average molecular weight is 244 g/mol. The van der Waals surface area contributed by atoms with Crippen LogP contribution in [0.2, 0.25) is 0 Å². The second-order valence-corrected chi connectivity index (χ2v) is 5.95. The molecule has 1 rings (SSSR count). The minimum atomic E-state index is -3.06. The van der Waals surface area contributed by atoms with Crippen LogP contribution in [0.15, 0.2) is 23.1 Å². The fourth-order valence-corrected chi connectivity index (χ4v) is 2.68. The van der Waals surface area contributed by atoms with Gasteiger partial charge in [-0.05, 0) is 12.5 Å². The molecule has 5 nitrogen and oxygen atoms in total. The first-order chi connectivity index (χ1) is 7.44. The van der Waals surface area contributed by atoms with Gasteiger partial charge in [-0.15, -0.1) is 0 Å². The molecule has 0 aliphatic carbocycles. The van der Waals surface area contributed by atoms with Gasteiger partial charge < -0.3 is 10.3 Å². The van der Waals surface area contributed by atoms with Crippen LogP contribution in [-0.4, -0.2) is 24.5 Å². The molecule has 0 bridgehead atoms. The number of pyridine rings is 1. The highest BCUT2D eigenvalue weighted by molar-refractivity contribution is 7.91. The number of rotatable bonds is 5. The number of nitrogens with zero attached hydrogens (tertiary/aromatic N) is 1. The van der Waals surface area contributed by atoms with Crippen molar-refractivity contribution in [3.05, 3.63) is 28.7 Å². The molecule has 0 amide bonds. The Labute approximate surface area is 94.8 Å². The quantitative estimate of drug-likeness (QED) is 0.805. The Morgan fingerprint density at radius 2 is 2.00 bits per heavy atom. The van der Waals surface area contributed by atoms with E-state index >= 15 is 0 Å². The minimum Gasteiger partial charge on any atom is -0.398 e. The van der Waals surface area contributed by atoms with Crippen molar-refractivity contribution in [1.29, 1.82) is 0 Å². The molecule has 1 aromatic rings. The largest absolute Gasteiger partial charge is 0.398 e. The van der Waals surface area contributed by atoms with Crippen molar-refractivity contribution in [3.8, 4) is 0 Å². The third-order valence-electron chi connectivity index (χ3n) is 2.16. The molecule has 0 saturated heterocycles. The second-order valence-electron chi connectivity index (χ2n) is 3.65. The Morgan fingerprint density at radius 1 is 1.31 bits per heavy atom. The molecule has 6 heteroatoms. The average Bonchev–Trinajstić information content (AvgIpc) is 2.19. The number of nitrogen functional groups attached to an aromatic ring is 1. The first kappa shape index (κ1) is 12.8. The van der Waals surface area contributed by atoms with Crippen LogP contribution in [0.5, 0.6) is 0 Å². The summed E-state index contributed by atoms with van der Waals surface area (Å²) >= 11 is 0. The van der Waals surface area contributed by atoms with E-state index in [1.54, 1.807) is 0 Å². The van der Waals surface area contributed by atoms with Crippen LogP contribution in [0.1, 0.15) is 13.3 Å². The fraction of sp³-hybridized carbons (Fsp3) is 0.500. The third-order valence-corrected chi connectivity index (χ3v) is 4.00. The minimum absolute atomic E-state index is 0.0236. The summed E-state index contributed by atoms with van der Waals surface area (Å²) in [6, 6.07) is 2.83. The smallest absolute Gasteiger partial charge is 0.250 e. The van der Waals surface area contributed by atoms with Gasteiger partial charge in [0.1, 0.15) is 0 Å². The van der Waals surface area contributed by atoms with Gasteiger partial charge in [0.15, 0.2) is 9.84 Å². The highest BCUT2D eigenvalue weighted by atomic mass is 32.2. The second kappa shape index (κ2) is 5.16. The molecular formula is C10H16N2O3S. The summed E-state index contributed by atoms with van der Waals surface area (Å²) in [7, 11) is -3.06. The van der Waals surface area contributed by atoms with Gasteiger partial charge in [0, 0.05) is 30.2 Å². The Balaban J connectivity index is 2.75. The Morgan fingerprint density at radius 3 is 2.62 bits per heavy atom. The molecule has 1 aromatic heterocycles. The van der Waals surface area contributed by atoms with Crippen molar-refractivity contribution < 1.29 is 8.42 Å². The van der Waals surface area contributed by atoms with Gasteiger partial charge in [0.2, 0.25) is 0 Å². The number of hydrogen-bond donors (Lipinski definition) is 1. The Kier molecular flexibility index (Phi) is 4.12. The molecule has 0 aromatic carbocycles. The number of sulfone groups is 1. The highest BCUT2D eigenvalue weighted by Gasteiger charge is 2.09. The molecule has 16 heavy (non-hydrogen) atoms. The van der Waals surface area contributed by atoms with E-state index in [1.165, 1.54) is 22.9 Å². The van der Waals surface area contributed by atoms with E-state index in [0.29, 0.717) is 12.1 Å². The van der Waals surface area contributed by atoms with Gasteiger partial charge in [-0.25, -0.2) is 8.42 Å². The van der Waals surface area contributed by atoms with E-state index in [-0.39, 0.29) is 23.6 Å². The van der Waals surface area contributed by atoms with Crippen molar-refractivity contribution in [2.45, 2.75) is 19.9 Å². The highest BCUT2D eigenvalue weighted by Crippen LogP contribution is 1.99. The van der Waals surface area contributed by atoms with Crippen molar-refractivity contribution in [2.75, 3.05) is 17.2 Å². The van der Waals surface area contributed by atoms with E-state index in [2.05, 4.69) is 0 Å².